The van der Waals surface area contributed by atoms with Crippen molar-refractivity contribution in [2.24, 2.45) is 11.5 Å². The topological polar surface area (TPSA) is 137 Å². The van der Waals surface area contributed by atoms with Gasteiger partial charge in [-0.25, -0.2) is 0 Å². The molecule has 0 aromatic heterocycles. The van der Waals surface area contributed by atoms with Gasteiger partial charge in [0.15, 0.2) is 0 Å². The van der Waals surface area contributed by atoms with Gasteiger partial charge in [0, 0.05) is 6.54 Å². The van der Waals surface area contributed by atoms with E-state index in [1.807, 2.05) is 0 Å². The lowest BCUT2D eigenvalue weighted by Gasteiger charge is -2.05. The zero-order chi connectivity index (χ0) is 13.3. The maximum absolute atomic E-state index is 11.1. The molecule has 17 heavy (non-hydrogen) atoms. The van der Waals surface area contributed by atoms with E-state index in [-0.39, 0.29) is 31.3 Å². The van der Waals surface area contributed by atoms with Crippen molar-refractivity contribution in [1.82, 2.24) is 10.6 Å². The van der Waals surface area contributed by atoms with E-state index in [0.717, 1.165) is 0 Å². The fourth-order valence-electron chi connectivity index (χ4n) is 0.737. The molecule has 0 heterocycles. The Labute approximate surface area is 103 Å². The third-order valence-corrected chi connectivity index (χ3v) is 1.55. The first-order valence-electron chi connectivity index (χ1n) is 4.64. The summed E-state index contributed by atoms with van der Waals surface area (Å²) in [5.41, 5.74) is 9.94. The molecule has 0 aliphatic rings. The Morgan fingerprint density at radius 2 is 1.71 bits per heavy atom. The molecule has 6 N–H and O–H groups in total. The molecule has 0 atom stereocenters. The molecule has 0 aliphatic heterocycles. The summed E-state index contributed by atoms with van der Waals surface area (Å²) in [5, 5.41) is 4.48. The zero-order valence-corrected chi connectivity index (χ0v) is 9.84. The van der Waals surface area contributed by atoms with E-state index in [9.17, 15) is 14.4 Å². The highest BCUT2D eigenvalue weighted by Crippen LogP contribution is 1.74. The highest BCUT2D eigenvalue weighted by molar-refractivity contribution is 7.80. The van der Waals surface area contributed by atoms with Gasteiger partial charge in [-0.2, -0.15) is 0 Å². The van der Waals surface area contributed by atoms with Gasteiger partial charge in [0.25, 0.3) is 0 Å². The number of nitrogens with one attached hydrogen (secondary N) is 2. The number of hydrogen-bond donors (Lipinski definition) is 4. The molecule has 0 radical (unpaired) electrons. The average Bonchev–Trinajstić information content (AvgIpc) is 2.24. The lowest BCUT2D eigenvalue weighted by molar-refractivity contribution is -0.139. The largest absolute Gasteiger partial charge is 0.392 e. The van der Waals surface area contributed by atoms with Crippen LogP contribution in [-0.2, 0) is 19.1 Å². The Morgan fingerprint density at radius 3 is 2.24 bits per heavy atom. The molecular weight excluding hydrogens is 248 g/mol. The monoisotopic (exact) mass is 262 g/mol. The van der Waals surface area contributed by atoms with E-state index < -0.39 is 17.7 Å². The fraction of sp³-hybridized carbons (Fsp3) is 0.500. The number of ether oxygens (including phenoxy) is 1. The van der Waals surface area contributed by atoms with Crippen molar-refractivity contribution >= 4 is 34.9 Å². The highest BCUT2D eigenvalue weighted by atomic mass is 32.1. The molecule has 0 aromatic rings. The first-order chi connectivity index (χ1) is 7.93. The molecule has 8 nitrogen and oxygen atoms in total. The fourth-order valence-corrected chi connectivity index (χ4v) is 0.810. The van der Waals surface area contributed by atoms with Gasteiger partial charge >= 0.3 is 11.8 Å². The molecule has 0 bridgehead atoms. The second kappa shape index (κ2) is 8.42. The number of hydrogen-bond acceptors (Lipinski definition) is 5. The van der Waals surface area contributed by atoms with Gasteiger partial charge < -0.3 is 26.8 Å². The molecular formula is C8H14N4O4S. The first-order valence-corrected chi connectivity index (χ1v) is 5.04. The maximum atomic E-state index is 11.1. The third kappa shape index (κ3) is 9.20. The van der Waals surface area contributed by atoms with Crippen LogP contribution in [0, 0.1) is 0 Å². The summed E-state index contributed by atoms with van der Waals surface area (Å²) in [7, 11) is 0. The molecule has 0 aromatic carbocycles. The van der Waals surface area contributed by atoms with Crippen LogP contribution in [0.25, 0.3) is 0 Å². The molecule has 0 saturated heterocycles. The number of primary amides is 1. The summed E-state index contributed by atoms with van der Waals surface area (Å²) < 4.78 is 4.76. The van der Waals surface area contributed by atoms with Crippen molar-refractivity contribution in [2.45, 2.75) is 0 Å². The molecule has 0 unspecified atom stereocenters. The summed E-state index contributed by atoms with van der Waals surface area (Å²) in [5.74, 6) is -2.28. The van der Waals surface area contributed by atoms with Crippen LogP contribution in [0.3, 0.4) is 0 Å². The van der Waals surface area contributed by atoms with Crippen molar-refractivity contribution in [3.05, 3.63) is 0 Å². The predicted octanol–water partition coefficient (Wildman–Crippen LogP) is -2.99. The van der Waals surface area contributed by atoms with E-state index in [1.165, 1.54) is 0 Å². The Hall–Kier alpha value is -1.74. The van der Waals surface area contributed by atoms with Crippen LogP contribution in [0.4, 0.5) is 0 Å². The number of carbonyl (C=O) groups is 3. The van der Waals surface area contributed by atoms with Crippen LogP contribution >= 0.6 is 12.2 Å². The molecule has 0 aliphatic carbocycles. The van der Waals surface area contributed by atoms with Gasteiger partial charge in [-0.1, -0.05) is 12.2 Å². The normalized spacial score (nSPS) is 9.41. The van der Waals surface area contributed by atoms with Crippen LogP contribution in [-0.4, -0.2) is 49.0 Å². The van der Waals surface area contributed by atoms with E-state index in [0.29, 0.717) is 0 Å². The van der Waals surface area contributed by atoms with Crippen LogP contribution in [0.15, 0.2) is 0 Å². The van der Waals surface area contributed by atoms with Gasteiger partial charge in [0.05, 0.1) is 18.1 Å². The van der Waals surface area contributed by atoms with Gasteiger partial charge in [-0.3, -0.25) is 14.4 Å². The molecule has 0 spiro atoms. The smallest absolute Gasteiger partial charge is 0.309 e. The lowest BCUT2D eigenvalue weighted by Crippen LogP contribution is -2.43. The van der Waals surface area contributed by atoms with Crippen LogP contribution in [0.1, 0.15) is 0 Å². The average molecular weight is 262 g/mol. The van der Waals surface area contributed by atoms with E-state index >= 15 is 0 Å². The van der Waals surface area contributed by atoms with E-state index in [2.05, 4.69) is 22.9 Å². The van der Waals surface area contributed by atoms with Crippen molar-refractivity contribution < 1.29 is 19.1 Å². The predicted molar refractivity (Wildman–Crippen MR) is 62.8 cm³/mol. The summed E-state index contributed by atoms with van der Waals surface area (Å²) in [6, 6.07) is 0. The van der Waals surface area contributed by atoms with Crippen LogP contribution < -0.4 is 22.1 Å². The second-order valence-corrected chi connectivity index (χ2v) is 3.45. The highest BCUT2D eigenvalue weighted by Gasteiger charge is 2.11. The number of amides is 3. The number of carbonyl (C=O) groups excluding carboxylic acids is 3. The van der Waals surface area contributed by atoms with Gasteiger partial charge in [-0.05, 0) is 0 Å². The van der Waals surface area contributed by atoms with Crippen molar-refractivity contribution in [1.29, 1.82) is 0 Å². The molecule has 0 saturated carbocycles. The van der Waals surface area contributed by atoms with Crippen molar-refractivity contribution in [3.8, 4) is 0 Å². The van der Waals surface area contributed by atoms with Crippen molar-refractivity contribution in [3.63, 3.8) is 0 Å². The summed E-state index contributed by atoms with van der Waals surface area (Å²) >= 11 is 4.51. The van der Waals surface area contributed by atoms with E-state index in [4.69, 9.17) is 16.2 Å². The number of thiocarbonyl (C=S) groups is 1. The Bertz CT molecular complexity index is 321. The Kier molecular flexibility index (Phi) is 7.55. The minimum atomic E-state index is -0.840. The molecule has 0 rings (SSSR count). The molecule has 9 heteroatoms. The summed E-state index contributed by atoms with van der Waals surface area (Å²) in [6.45, 7) is -0.104. The minimum absolute atomic E-state index is 0.0419. The Morgan fingerprint density at radius 1 is 1.12 bits per heavy atom. The lowest BCUT2D eigenvalue weighted by atomic mass is 10.5. The Balaban J connectivity index is 3.61. The number of nitrogens with two attached hydrogens (primary N) is 2. The minimum Gasteiger partial charge on any atom is -0.392 e. The van der Waals surface area contributed by atoms with Gasteiger partial charge in [0.1, 0.15) is 6.61 Å². The first kappa shape index (κ1) is 15.3. The molecule has 0 fully saturated rings. The quantitative estimate of drug-likeness (QED) is 0.219. The van der Waals surface area contributed by atoms with Crippen LogP contribution in [0.5, 0.6) is 0 Å². The van der Waals surface area contributed by atoms with Gasteiger partial charge in [-0.15, -0.1) is 0 Å². The summed E-state index contributed by atoms with van der Waals surface area (Å²) in [6.07, 6.45) is 0. The van der Waals surface area contributed by atoms with Crippen molar-refractivity contribution in [2.75, 3.05) is 26.3 Å². The maximum Gasteiger partial charge on any atom is 0.309 e. The third-order valence-electron chi connectivity index (χ3n) is 1.41. The standard InChI is InChI=1S/C8H14N4O4S/c9-5(13)4-16-2-1-11-7(14)8(15)12-3-6(10)17/h1-4H2,(H2,9,13)(H2,10,17)(H,11,14)(H,12,15). The van der Waals surface area contributed by atoms with E-state index in [1.54, 1.807) is 0 Å². The second-order valence-electron chi connectivity index (χ2n) is 2.92. The van der Waals surface area contributed by atoms with Crippen LogP contribution in [0.2, 0.25) is 0 Å². The SMILES string of the molecule is NC(=O)COCCNC(=O)C(=O)NCC(N)=S. The zero-order valence-electron chi connectivity index (χ0n) is 9.02. The molecule has 3 amide bonds. The van der Waals surface area contributed by atoms with Gasteiger partial charge in [0.2, 0.25) is 5.91 Å². The summed E-state index contributed by atoms with van der Waals surface area (Å²) in [4.78, 5) is 32.5. The molecule has 96 valence electrons. The number of rotatable bonds is 7.